The summed E-state index contributed by atoms with van der Waals surface area (Å²) in [6.45, 7) is 22.5. The quantitative estimate of drug-likeness (QED) is 0.104. The lowest BCUT2D eigenvalue weighted by molar-refractivity contribution is 0.00578. The molecule has 0 amide bonds. The van der Waals surface area contributed by atoms with Crippen molar-refractivity contribution in [3.63, 3.8) is 0 Å². The molecule has 1 aliphatic heterocycles. The minimum absolute atomic E-state index is 0.395. The number of aliphatic imine (C=N–C) groups is 1. The fourth-order valence-electron chi connectivity index (χ4n) is 6.00. The van der Waals surface area contributed by atoms with Crippen LogP contribution in [0.1, 0.15) is 74.3 Å². The number of aryl methyl sites for hydroxylation is 1. The minimum Gasteiger partial charge on any atom is -0.399 e. The Morgan fingerprint density at radius 1 is 0.674 bits per heavy atom. The lowest BCUT2D eigenvalue weighted by Gasteiger charge is -2.32. The molecule has 0 bridgehead atoms. The van der Waals surface area contributed by atoms with Crippen molar-refractivity contribution in [3.8, 4) is 22.3 Å². The van der Waals surface area contributed by atoms with E-state index in [2.05, 4.69) is 132 Å². The van der Waals surface area contributed by atoms with Gasteiger partial charge in [-0.1, -0.05) is 133 Å². The zero-order valence-electron chi connectivity index (χ0n) is 29.3. The summed E-state index contributed by atoms with van der Waals surface area (Å²) >= 11 is 0. The molecule has 0 saturated carbocycles. The van der Waals surface area contributed by atoms with E-state index < -0.39 is 18.3 Å². The molecule has 238 valence electrons. The molecule has 0 spiro atoms. The molecular formula is C42H50BNO2. The van der Waals surface area contributed by atoms with E-state index >= 15 is 0 Å². The topological polar surface area (TPSA) is 30.8 Å². The van der Waals surface area contributed by atoms with E-state index in [4.69, 9.17) is 14.3 Å². The number of benzene rings is 5. The van der Waals surface area contributed by atoms with Gasteiger partial charge in [0.2, 0.25) is 0 Å². The molecule has 1 saturated heterocycles. The molecule has 0 aromatic heterocycles. The molecular weight excluding hydrogens is 561 g/mol. The fraction of sp³-hybridized carbons (Fsp3) is 0.310. The number of fused-ring (bicyclic) bond motifs is 3. The molecule has 6 rings (SSSR count). The maximum atomic E-state index is 6.44. The Kier molecular flexibility index (Phi) is 11.4. The Morgan fingerprint density at radius 2 is 1.28 bits per heavy atom. The lowest BCUT2D eigenvalue weighted by Crippen LogP contribution is -2.41. The van der Waals surface area contributed by atoms with Gasteiger partial charge < -0.3 is 9.31 Å². The van der Waals surface area contributed by atoms with Crippen molar-refractivity contribution in [2.75, 3.05) is 0 Å². The molecule has 5 aromatic rings. The smallest absolute Gasteiger partial charge is 0.399 e. The summed E-state index contributed by atoms with van der Waals surface area (Å²) in [6, 6.07) is 32.7. The molecule has 1 heterocycles. The third-order valence-electron chi connectivity index (χ3n) is 8.89. The normalized spacial score (nSPS) is 14.9. The van der Waals surface area contributed by atoms with Crippen molar-refractivity contribution >= 4 is 46.0 Å². The van der Waals surface area contributed by atoms with Crippen LogP contribution in [0.5, 0.6) is 0 Å². The molecule has 1 aliphatic rings. The SMILES string of the molecule is C=CC=Nc1c(CCC)c2ccc(-c3cccc(-c4ccccc4B4OC(C)(C)C(C)(C)O4)c3)cc2c2ccccc12.CC.CC. The molecule has 3 nitrogen and oxygen atoms in total. The van der Waals surface area contributed by atoms with Gasteiger partial charge in [-0.2, -0.15) is 0 Å². The first-order valence-electron chi connectivity index (χ1n) is 16.9. The van der Waals surface area contributed by atoms with E-state index in [0.717, 1.165) is 35.1 Å². The van der Waals surface area contributed by atoms with Crippen molar-refractivity contribution in [3.05, 3.63) is 109 Å². The van der Waals surface area contributed by atoms with Crippen LogP contribution in [0.15, 0.2) is 109 Å². The monoisotopic (exact) mass is 611 g/mol. The Morgan fingerprint density at radius 3 is 1.96 bits per heavy atom. The van der Waals surface area contributed by atoms with Crippen LogP contribution in [-0.2, 0) is 15.7 Å². The summed E-state index contributed by atoms with van der Waals surface area (Å²) in [7, 11) is -0.420. The highest BCUT2D eigenvalue weighted by Gasteiger charge is 2.52. The summed E-state index contributed by atoms with van der Waals surface area (Å²) < 4.78 is 12.9. The van der Waals surface area contributed by atoms with Crippen LogP contribution < -0.4 is 5.46 Å². The average Bonchev–Trinajstić information content (AvgIpc) is 3.32. The molecule has 1 fully saturated rings. The Labute approximate surface area is 277 Å². The largest absolute Gasteiger partial charge is 0.495 e. The zero-order chi connectivity index (χ0) is 33.5. The number of hydrogen-bond donors (Lipinski definition) is 0. The van der Waals surface area contributed by atoms with Gasteiger partial charge in [-0.15, -0.1) is 0 Å². The van der Waals surface area contributed by atoms with Gasteiger partial charge in [0, 0.05) is 11.6 Å². The van der Waals surface area contributed by atoms with E-state index in [9.17, 15) is 0 Å². The van der Waals surface area contributed by atoms with Crippen molar-refractivity contribution < 1.29 is 9.31 Å². The molecule has 5 aromatic carbocycles. The van der Waals surface area contributed by atoms with E-state index in [1.54, 1.807) is 12.3 Å². The van der Waals surface area contributed by atoms with Crippen LogP contribution in [0.4, 0.5) is 5.69 Å². The van der Waals surface area contributed by atoms with Crippen LogP contribution >= 0.6 is 0 Å². The van der Waals surface area contributed by atoms with E-state index in [-0.39, 0.29) is 0 Å². The molecule has 0 atom stereocenters. The number of nitrogens with zero attached hydrogens (tertiary/aromatic N) is 1. The van der Waals surface area contributed by atoms with E-state index in [1.165, 1.54) is 38.2 Å². The Hall–Kier alpha value is -3.99. The number of rotatable bonds is 7. The first kappa shape index (κ1) is 34.9. The van der Waals surface area contributed by atoms with Crippen LogP contribution in [0, 0.1) is 0 Å². The highest BCUT2D eigenvalue weighted by Crippen LogP contribution is 2.41. The molecule has 4 heteroatoms. The Balaban J connectivity index is 0.00000116. The maximum Gasteiger partial charge on any atom is 0.495 e. The van der Waals surface area contributed by atoms with Crippen LogP contribution in [0.25, 0.3) is 43.8 Å². The summed E-state index contributed by atoms with van der Waals surface area (Å²) in [4.78, 5) is 4.84. The molecule has 0 unspecified atom stereocenters. The van der Waals surface area contributed by atoms with Crippen LogP contribution in [-0.4, -0.2) is 24.5 Å². The zero-order valence-corrected chi connectivity index (χ0v) is 29.3. The summed E-state index contributed by atoms with van der Waals surface area (Å²) in [5.41, 5.74) is 7.23. The summed E-state index contributed by atoms with van der Waals surface area (Å²) in [5.74, 6) is 0. The average molecular weight is 612 g/mol. The number of allylic oxidation sites excluding steroid dienone is 1. The minimum atomic E-state index is -0.420. The molecule has 0 aliphatic carbocycles. The molecule has 0 N–H and O–H groups in total. The van der Waals surface area contributed by atoms with Gasteiger partial charge in [0.05, 0.1) is 16.9 Å². The standard InChI is InChI=1S/C38H38BNO2.2C2H6/c1-7-14-32-31-22-21-27(25-34(31)30-18-9-10-19-33(30)36(32)40-23-8-2)26-15-13-16-28(24-26)29-17-11-12-20-35(29)39-41-37(3,4)38(5,6)42-39;2*1-2/h8-13,15-25H,2,7,14H2,1,3-6H3;2*1-2H3. The van der Waals surface area contributed by atoms with Gasteiger partial charge >= 0.3 is 7.12 Å². The van der Waals surface area contributed by atoms with Crippen molar-refractivity contribution in [1.29, 1.82) is 0 Å². The molecule has 46 heavy (non-hydrogen) atoms. The van der Waals surface area contributed by atoms with Gasteiger partial charge in [0.15, 0.2) is 0 Å². The van der Waals surface area contributed by atoms with Gasteiger partial charge in [-0.25, -0.2) is 0 Å². The highest BCUT2D eigenvalue weighted by atomic mass is 16.7. The first-order valence-corrected chi connectivity index (χ1v) is 16.9. The van der Waals surface area contributed by atoms with Gasteiger partial charge in [0.1, 0.15) is 0 Å². The third kappa shape index (κ3) is 6.75. The van der Waals surface area contributed by atoms with Crippen LogP contribution in [0.2, 0.25) is 0 Å². The van der Waals surface area contributed by atoms with Crippen molar-refractivity contribution in [2.24, 2.45) is 4.99 Å². The second kappa shape index (κ2) is 15.1. The van der Waals surface area contributed by atoms with E-state index in [1.807, 2.05) is 27.7 Å². The lowest BCUT2D eigenvalue weighted by atomic mass is 9.74. The van der Waals surface area contributed by atoms with Gasteiger partial charge in [-0.3, -0.25) is 4.99 Å². The number of hydrogen-bond acceptors (Lipinski definition) is 3. The van der Waals surface area contributed by atoms with Gasteiger partial charge in [-0.05, 0) is 95.7 Å². The second-order valence-electron chi connectivity index (χ2n) is 12.2. The van der Waals surface area contributed by atoms with Crippen molar-refractivity contribution in [2.45, 2.75) is 86.4 Å². The summed E-state index contributed by atoms with van der Waals surface area (Å²) in [6.07, 6.45) is 5.56. The van der Waals surface area contributed by atoms with Crippen LogP contribution in [0.3, 0.4) is 0 Å². The second-order valence-corrected chi connectivity index (χ2v) is 12.2. The van der Waals surface area contributed by atoms with Gasteiger partial charge in [0.25, 0.3) is 0 Å². The predicted octanol–water partition coefficient (Wildman–Crippen LogP) is 11.5. The third-order valence-corrected chi connectivity index (χ3v) is 8.89. The highest BCUT2D eigenvalue weighted by molar-refractivity contribution is 6.63. The maximum absolute atomic E-state index is 6.44. The first-order chi connectivity index (χ1) is 22.2. The van der Waals surface area contributed by atoms with Crippen molar-refractivity contribution in [1.82, 2.24) is 0 Å². The molecule has 0 radical (unpaired) electrons. The summed E-state index contributed by atoms with van der Waals surface area (Å²) in [5, 5.41) is 4.91. The van der Waals surface area contributed by atoms with E-state index in [0.29, 0.717) is 0 Å². The fourth-order valence-corrected chi connectivity index (χ4v) is 6.00. The Bertz CT molecular complexity index is 1820. The predicted molar refractivity (Wildman–Crippen MR) is 203 cm³/mol.